The van der Waals surface area contributed by atoms with E-state index in [0.29, 0.717) is 16.7 Å². The standard InChI is InChI=1S/C21H17NO6/c1-26-17(23)12-14(21(25)27-2)18(19(24)13-8-4-3-5-9-13)20-22-15-10-6-7-11-16(15)28-20/h3-11H,12H2,1-2H3/b18-14+. The number of ether oxygens (including phenoxy) is 2. The van der Waals surface area contributed by atoms with Crippen LogP contribution in [0.5, 0.6) is 0 Å². The Morgan fingerprint density at radius 1 is 0.929 bits per heavy atom. The van der Waals surface area contributed by atoms with E-state index >= 15 is 0 Å². The van der Waals surface area contributed by atoms with Crippen LogP contribution in [0.25, 0.3) is 16.7 Å². The van der Waals surface area contributed by atoms with E-state index in [1.165, 1.54) is 7.11 Å². The molecule has 0 aliphatic carbocycles. The lowest BCUT2D eigenvalue weighted by atomic mass is 9.96. The number of carbonyl (C=O) groups is 3. The van der Waals surface area contributed by atoms with Gasteiger partial charge in [-0.15, -0.1) is 0 Å². The highest BCUT2D eigenvalue weighted by atomic mass is 16.5. The molecule has 2 aromatic carbocycles. The molecule has 0 radical (unpaired) electrons. The second kappa shape index (κ2) is 8.30. The normalized spacial score (nSPS) is 11.6. The van der Waals surface area contributed by atoms with Gasteiger partial charge in [0.1, 0.15) is 5.52 Å². The topological polar surface area (TPSA) is 95.7 Å². The van der Waals surface area contributed by atoms with Gasteiger partial charge in [0, 0.05) is 5.56 Å². The summed E-state index contributed by atoms with van der Waals surface area (Å²) in [5.41, 5.74) is 0.941. The van der Waals surface area contributed by atoms with Gasteiger partial charge in [-0.25, -0.2) is 9.78 Å². The number of benzene rings is 2. The molecular formula is C21H17NO6. The Kier molecular flexibility index (Phi) is 5.64. The molecule has 0 unspecified atom stereocenters. The molecular weight excluding hydrogens is 362 g/mol. The Hall–Kier alpha value is -3.74. The molecule has 0 bridgehead atoms. The van der Waals surface area contributed by atoms with Crippen LogP contribution in [0.2, 0.25) is 0 Å². The van der Waals surface area contributed by atoms with Crippen molar-refractivity contribution in [1.29, 1.82) is 0 Å². The van der Waals surface area contributed by atoms with Crippen molar-refractivity contribution in [3.05, 3.63) is 71.6 Å². The highest BCUT2D eigenvalue weighted by Crippen LogP contribution is 2.29. The van der Waals surface area contributed by atoms with E-state index < -0.39 is 24.1 Å². The SMILES string of the molecule is COC(=O)C/C(C(=O)OC)=C(/C(=O)c1ccccc1)c1nc2ccccc2o1. The summed E-state index contributed by atoms with van der Waals surface area (Å²) in [4.78, 5) is 41.9. The highest BCUT2D eigenvalue weighted by Gasteiger charge is 2.30. The largest absolute Gasteiger partial charge is 0.469 e. The monoisotopic (exact) mass is 379 g/mol. The number of rotatable bonds is 6. The number of nitrogens with zero attached hydrogens (tertiary/aromatic N) is 1. The Morgan fingerprint density at radius 3 is 2.25 bits per heavy atom. The Morgan fingerprint density at radius 2 is 1.61 bits per heavy atom. The van der Waals surface area contributed by atoms with Crippen molar-refractivity contribution < 1.29 is 28.3 Å². The highest BCUT2D eigenvalue weighted by molar-refractivity contribution is 6.32. The summed E-state index contributed by atoms with van der Waals surface area (Å²) in [6, 6.07) is 15.3. The van der Waals surface area contributed by atoms with Gasteiger partial charge < -0.3 is 13.9 Å². The van der Waals surface area contributed by atoms with Gasteiger partial charge in [0.15, 0.2) is 11.4 Å². The van der Waals surface area contributed by atoms with Crippen molar-refractivity contribution in [1.82, 2.24) is 4.98 Å². The lowest BCUT2D eigenvalue weighted by Gasteiger charge is -2.10. The summed E-state index contributed by atoms with van der Waals surface area (Å²) < 4.78 is 15.2. The van der Waals surface area contributed by atoms with Crippen molar-refractivity contribution in [2.75, 3.05) is 14.2 Å². The fraction of sp³-hybridized carbons (Fsp3) is 0.143. The molecule has 28 heavy (non-hydrogen) atoms. The van der Waals surface area contributed by atoms with Gasteiger partial charge in [0.25, 0.3) is 0 Å². The first-order chi connectivity index (χ1) is 13.5. The number of ketones is 1. The van der Waals surface area contributed by atoms with Gasteiger partial charge >= 0.3 is 11.9 Å². The number of esters is 2. The van der Waals surface area contributed by atoms with Crippen LogP contribution >= 0.6 is 0 Å². The lowest BCUT2D eigenvalue weighted by Crippen LogP contribution is -2.17. The molecule has 0 fully saturated rings. The summed E-state index contributed by atoms with van der Waals surface area (Å²) in [6.45, 7) is 0. The van der Waals surface area contributed by atoms with E-state index in [9.17, 15) is 14.4 Å². The molecule has 7 heteroatoms. The number of aromatic nitrogens is 1. The molecule has 0 aliphatic rings. The van der Waals surface area contributed by atoms with Gasteiger partial charge in [-0.1, -0.05) is 42.5 Å². The molecule has 0 spiro atoms. The van der Waals surface area contributed by atoms with Crippen LogP contribution in [0.1, 0.15) is 22.7 Å². The minimum absolute atomic E-state index is 0.0700. The van der Waals surface area contributed by atoms with Gasteiger partial charge in [-0.3, -0.25) is 9.59 Å². The van der Waals surface area contributed by atoms with Gasteiger partial charge in [0.2, 0.25) is 5.89 Å². The number of carbonyl (C=O) groups excluding carboxylic acids is 3. The zero-order valence-corrected chi connectivity index (χ0v) is 15.3. The van der Waals surface area contributed by atoms with Crippen molar-refractivity contribution in [2.24, 2.45) is 0 Å². The lowest BCUT2D eigenvalue weighted by molar-refractivity contribution is -0.143. The number of methoxy groups -OCH3 is 2. The molecule has 1 aromatic heterocycles. The quantitative estimate of drug-likeness (QED) is 0.369. The fourth-order valence-corrected chi connectivity index (χ4v) is 2.68. The van der Waals surface area contributed by atoms with Crippen LogP contribution in [-0.2, 0) is 19.1 Å². The zero-order chi connectivity index (χ0) is 20.1. The molecule has 142 valence electrons. The molecule has 0 amide bonds. The van der Waals surface area contributed by atoms with E-state index in [2.05, 4.69) is 9.72 Å². The van der Waals surface area contributed by atoms with Crippen LogP contribution in [0.4, 0.5) is 0 Å². The van der Waals surface area contributed by atoms with Crippen LogP contribution in [0.3, 0.4) is 0 Å². The summed E-state index contributed by atoms with van der Waals surface area (Å²) in [6.07, 6.45) is -0.462. The van der Waals surface area contributed by atoms with Crippen LogP contribution in [-0.4, -0.2) is 36.9 Å². The summed E-state index contributed by atoms with van der Waals surface area (Å²) >= 11 is 0. The number of Topliss-reactive ketones (excluding diaryl/α,β-unsaturated/α-hetero) is 1. The number of hydrogen-bond acceptors (Lipinski definition) is 7. The predicted molar refractivity (Wildman–Crippen MR) is 100 cm³/mol. The molecule has 0 saturated carbocycles. The van der Waals surface area contributed by atoms with E-state index in [4.69, 9.17) is 9.15 Å². The molecule has 0 aliphatic heterocycles. The van der Waals surface area contributed by atoms with Crippen molar-refractivity contribution in [2.45, 2.75) is 6.42 Å². The minimum atomic E-state index is -0.841. The van der Waals surface area contributed by atoms with Crippen molar-refractivity contribution in [3.8, 4) is 0 Å². The predicted octanol–water partition coefficient (Wildman–Crippen LogP) is 3.20. The third kappa shape index (κ3) is 3.83. The second-order valence-electron chi connectivity index (χ2n) is 5.78. The molecule has 0 N–H and O–H groups in total. The van der Waals surface area contributed by atoms with Crippen molar-refractivity contribution in [3.63, 3.8) is 0 Å². The number of para-hydroxylation sites is 2. The zero-order valence-electron chi connectivity index (χ0n) is 15.3. The average molecular weight is 379 g/mol. The van der Waals surface area contributed by atoms with Gasteiger partial charge in [-0.05, 0) is 12.1 Å². The van der Waals surface area contributed by atoms with Crippen LogP contribution in [0, 0.1) is 0 Å². The number of allylic oxidation sites excluding steroid dienone is 1. The molecule has 3 aromatic rings. The Bertz CT molecular complexity index is 1030. The van der Waals surface area contributed by atoms with E-state index in [0.717, 1.165) is 7.11 Å². The third-order valence-corrected chi connectivity index (χ3v) is 4.05. The molecule has 3 rings (SSSR count). The first-order valence-electron chi connectivity index (χ1n) is 8.39. The summed E-state index contributed by atoms with van der Waals surface area (Å²) in [5, 5.41) is 0. The number of hydrogen-bond donors (Lipinski definition) is 0. The fourth-order valence-electron chi connectivity index (χ4n) is 2.68. The maximum atomic E-state index is 13.2. The van der Waals surface area contributed by atoms with Crippen LogP contribution < -0.4 is 0 Å². The maximum absolute atomic E-state index is 13.2. The smallest absolute Gasteiger partial charge is 0.335 e. The maximum Gasteiger partial charge on any atom is 0.335 e. The molecule has 0 atom stereocenters. The van der Waals surface area contributed by atoms with E-state index in [1.807, 2.05) is 0 Å². The molecule has 1 heterocycles. The average Bonchev–Trinajstić information content (AvgIpc) is 3.16. The molecule has 0 saturated heterocycles. The van der Waals surface area contributed by atoms with E-state index in [-0.39, 0.29) is 17.0 Å². The van der Waals surface area contributed by atoms with E-state index in [1.54, 1.807) is 54.6 Å². The van der Waals surface area contributed by atoms with Crippen molar-refractivity contribution >= 4 is 34.4 Å². The third-order valence-electron chi connectivity index (χ3n) is 4.05. The second-order valence-corrected chi connectivity index (χ2v) is 5.78. The summed E-state index contributed by atoms with van der Waals surface area (Å²) in [5.74, 6) is -2.13. The summed E-state index contributed by atoms with van der Waals surface area (Å²) in [7, 11) is 2.35. The first kappa shape index (κ1) is 19.0. The van der Waals surface area contributed by atoms with Gasteiger partial charge in [-0.2, -0.15) is 0 Å². The minimum Gasteiger partial charge on any atom is -0.469 e. The Balaban J connectivity index is 2.26. The van der Waals surface area contributed by atoms with Crippen LogP contribution in [0.15, 0.2) is 64.6 Å². The molecule has 7 nitrogen and oxygen atoms in total. The number of oxazole rings is 1. The Labute approximate surface area is 160 Å². The number of fused-ring (bicyclic) bond motifs is 1. The first-order valence-corrected chi connectivity index (χ1v) is 8.39. The van der Waals surface area contributed by atoms with Gasteiger partial charge in [0.05, 0.1) is 31.8 Å².